The third kappa shape index (κ3) is 3.12. The number of thiazole rings is 2. The molecule has 1 fully saturated rings. The highest BCUT2D eigenvalue weighted by Crippen LogP contribution is 2.22. The Morgan fingerprint density at radius 2 is 2.29 bits per heavy atom. The molecule has 17 heavy (non-hydrogen) atoms. The summed E-state index contributed by atoms with van der Waals surface area (Å²) in [6.07, 6.45) is 5.55. The zero-order chi connectivity index (χ0) is 11.7. The monoisotopic (exact) mass is 265 g/mol. The molecule has 1 aliphatic rings. The average molecular weight is 265 g/mol. The predicted molar refractivity (Wildman–Crippen MR) is 71.6 cm³/mol. The van der Waals surface area contributed by atoms with E-state index in [4.69, 9.17) is 0 Å². The van der Waals surface area contributed by atoms with Crippen molar-refractivity contribution in [2.24, 2.45) is 0 Å². The molecule has 3 nitrogen and oxygen atoms in total. The highest BCUT2D eigenvalue weighted by Gasteiger charge is 2.20. The van der Waals surface area contributed by atoms with E-state index in [0.717, 1.165) is 24.7 Å². The average Bonchev–Trinajstić information content (AvgIpc) is 2.90. The van der Waals surface area contributed by atoms with Crippen molar-refractivity contribution in [2.45, 2.75) is 38.8 Å². The summed E-state index contributed by atoms with van der Waals surface area (Å²) in [7, 11) is 0. The first kappa shape index (κ1) is 11.3. The molecule has 1 aliphatic carbocycles. The normalized spacial score (nSPS) is 15.4. The summed E-state index contributed by atoms with van der Waals surface area (Å²) in [6, 6.07) is 0.766. The van der Waals surface area contributed by atoms with Crippen LogP contribution in [0.1, 0.15) is 33.4 Å². The number of aryl methyl sites for hydroxylation is 1. The van der Waals surface area contributed by atoms with Crippen molar-refractivity contribution in [3.8, 4) is 0 Å². The third-order valence-electron chi connectivity index (χ3n) is 2.71. The summed E-state index contributed by atoms with van der Waals surface area (Å²) < 4.78 is 0. The summed E-state index contributed by atoms with van der Waals surface area (Å²) in [5.74, 6) is 0. The van der Waals surface area contributed by atoms with Crippen molar-refractivity contribution >= 4 is 22.7 Å². The van der Waals surface area contributed by atoms with Crippen LogP contribution in [0.3, 0.4) is 0 Å². The van der Waals surface area contributed by atoms with Crippen LogP contribution in [-0.2, 0) is 13.0 Å². The van der Waals surface area contributed by atoms with Gasteiger partial charge in [0.2, 0.25) is 0 Å². The first-order chi connectivity index (χ1) is 8.29. The molecule has 0 saturated heterocycles. The quantitative estimate of drug-likeness (QED) is 0.903. The van der Waals surface area contributed by atoms with E-state index in [1.807, 2.05) is 13.1 Å². The smallest absolute Gasteiger partial charge is 0.0996 e. The lowest BCUT2D eigenvalue weighted by atomic mass is 10.4. The minimum atomic E-state index is 0.766. The Balaban J connectivity index is 1.59. The maximum atomic E-state index is 4.47. The van der Waals surface area contributed by atoms with Gasteiger partial charge in [0.05, 0.1) is 16.4 Å². The number of hydrogen-bond acceptors (Lipinski definition) is 5. The standard InChI is InChI=1S/C12H15N3S2/c1-8-7-16-12(15-8)4-11-14-6-10(17-11)5-13-9-2-3-9/h6-7,9,13H,2-5H2,1H3. The topological polar surface area (TPSA) is 37.8 Å². The Morgan fingerprint density at radius 1 is 1.41 bits per heavy atom. The van der Waals surface area contributed by atoms with Crippen LogP contribution in [0, 0.1) is 6.92 Å². The first-order valence-electron chi connectivity index (χ1n) is 5.87. The molecule has 2 heterocycles. The summed E-state index contributed by atoms with van der Waals surface area (Å²) in [6.45, 7) is 3.01. The van der Waals surface area contributed by atoms with Crippen molar-refractivity contribution in [1.29, 1.82) is 0 Å². The van der Waals surface area contributed by atoms with Gasteiger partial charge in [0.25, 0.3) is 0 Å². The Labute approximate surface area is 109 Å². The van der Waals surface area contributed by atoms with E-state index in [-0.39, 0.29) is 0 Å². The van der Waals surface area contributed by atoms with E-state index in [9.17, 15) is 0 Å². The van der Waals surface area contributed by atoms with Crippen LogP contribution < -0.4 is 5.32 Å². The maximum absolute atomic E-state index is 4.47. The summed E-state index contributed by atoms with van der Waals surface area (Å²) in [4.78, 5) is 10.3. The van der Waals surface area contributed by atoms with Crippen LogP contribution in [0.5, 0.6) is 0 Å². The van der Waals surface area contributed by atoms with Crippen molar-refractivity contribution in [3.05, 3.63) is 32.2 Å². The summed E-state index contributed by atoms with van der Waals surface area (Å²) in [5, 5.41) is 7.95. The van der Waals surface area contributed by atoms with Crippen LogP contribution in [0.2, 0.25) is 0 Å². The lowest BCUT2D eigenvalue weighted by Gasteiger charge is -1.97. The minimum absolute atomic E-state index is 0.766. The number of nitrogens with one attached hydrogen (secondary N) is 1. The lowest BCUT2D eigenvalue weighted by molar-refractivity contribution is 0.694. The first-order valence-corrected chi connectivity index (χ1v) is 7.57. The third-order valence-corrected chi connectivity index (χ3v) is 4.68. The molecule has 1 saturated carbocycles. The van der Waals surface area contributed by atoms with E-state index < -0.39 is 0 Å². The van der Waals surface area contributed by atoms with Gasteiger partial charge in [0, 0.05) is 34.7 Å². The largest absolute Gasteiger partial charge is 0.309 e. The van der Waals surface area contributed by atoms with Crippen LogP contribution >= 0.6 is 22.7 Å². The van der Waals surface area contributed by atoms with Gasteiger partial charge in [-0.05, 0) is 19.8 Å². The Hall–Kier alpha value is -0.780. The molecule has 0 aliphatic heterocycles. The van der Waals surface area contributed by atoms with Gasteiger partial charge < -0.3 is 5.32 Å². The molecule has 5 heteroatoms. The summed E-state index contributed by atoms with van der Waals surface area (Å²) in [5.41, 5.74) is 1.11. The molecule has 0 amide bonds. The number of nitrogens with zero attached hydrogens (tertiary/aromatic N) is 2. The molecule has 0 radical (unpaired) electrons. The highest BCUT2D eigenvalue weighted by molar-refractivity contribution is 7.12. The number of aromatic nitrogens is 2. The molecule has 0 bridgehead atoms. The van der Waals surface area contributed by atoms with E-state index in [1.54, 1.807) is 22.7 Å². The van der Waals surface area contributed by atoms with Gasteiger partial charge in [-0.25, -0.2) is 9.97 Å². The van der Waals surface area contributed by atoms with Crippen LogP contribution in [0.15, 0.2) is 11.6 Å². The van der Waals surface area contributed by atoms with Crippen molar-refractivity contribution in [1.82, 2.24) is 15.3 Å². The summed E-state index contributed by atoms with van der Waals surface area (Å²) >= 11 is 3.52. The van der Waals surface area contributed by atoms with Gasteiger partial charge in [-0.3, -0.25) is 0 Å². The van der Waals surface area contributed by atoms with Gasteiger partial charge in [0.1, 0.15) is 0 Å². The van der Waals surface area contributed by atoms with Crippen molar-refractivity contribution in [2.75, 3.05) is 0 Å². The lowest BCUT2D eigenvalue weighted by Crippen LogP contribution is -2.14. The zero-order valence-electron chi connectivity index (χ0n) is 9.77. The fourth-order valence-electron chi connectivity index (χ4n) is 1.66. The second-order valence-electron chi connectivity index (χ2n) is 4.43. The fourth-order valence-corrected chi connectivity index (χ4v) is 3.40. The molecular formula is C12H15N3S2. The van der Waals surface area contributed by atoms with Crippen LogP contribution in [0.4, 0.5) is 0 Å². The fraction of sp³-hybridized carbons (Fsp3) is 0.500. The Kier molecular flexibility index (Phi) is 3.22. The second-order valence-corrected chi connectivity index (χ2v) is 6.58. The SMILES string of the molecule is Cc1csc(Cc2ncc(CNC3CC3)s2)n1. The van der Waals surface area contributed by atoms with Crippen LogP contribution in [0.25, 0.3) is 0 Å². The zero-order valence-corrected chi connectivity index (χ0v) is 11.4. The van der Waals surface area contributed by atoms with Crippen molar-refractivity contribution in [3.63, 3.8) is 0 Å². The predicted octanol–water partition coefficient (Wildman–Crippen LogP) is 2.75. The van der Waals surface area contributed by atoms with E-state index in [1.165, 1.54) is 27.7 Å². The van der Waals surface area contributed by atoms with E-state index in [2.05, 4.69) is 20.7 Å². The molecule has 2 aromatic rings. The number of rotatable bonds is 5. The molecule has 90 valence electrons. The molecule has 3 rings (SSSR count). The van der Waals surface area contributed by atoms with Gasteiger partial charge in [-0.2, -0.15) is 0 Å². The van der Waals surface area contributed by atoms with Crippen LogP contribution in [-0.4, -0.2) is 16.0 Å². The molecule has 2 aromatic heterocycles. The Morgan fingerprint density at radius 3 is 3.00 bits per heavy atom. The Bertz CT molecular complexity index is 499. The van der Waals surface area contributed by atoms with Gasteiger partial charge >= 0.3 is 0 Å². The van der Waals surface area contributed by atoms with Gasteiger partial charge in [-0.15, -0.1) is 22.7 Å². The number of hydrogen-bond donors (Lipinski definition) is 1. The van der Waals surface area contributed by atoms with Gasteiger partial charge in [0.15, 0.2) is 0 Å². The molecule has 0 atom stereocenters. The van der Waals surface area contributed by atoms with Crippen molar-refractivity contribution < 1.29 is 0 Å². The molecule has 0 spiro atoms. The molecule has 0 aromatic carbocycles. The van der Waals surface area contributed by atoms with Gasteiger partial charge in [-0.1, -0.05) is 0 Å². The van der Waals surface area contributed by atoms with E-state index in [0.29, 0.717) is 0 Å². The molecule has 0 unspecified atom stereocenters. The second kappa shape index (κ2) is 4.84. The van der Waals surface area contributed by atoms with E-state index >= 15 is 0 Å². The maximum Gasteiger partial charge on any atom is 0.0996 e. The molecule has 1 N–H and O–H groups in total. The highest BCUT2D eigenvalue weighted by atomic mass is 32.1. The minimum Gasteiger partial charge on any atom is -0.309 e. The molecular weight excluding hydrogens is 250 g/mol.